The van der Waals surface area contributed by atoms with Crippen molar-refractivity contribution in [2.24, 2.45) is 0 Å². The number of halogens is 1. The molecule has 134 valence electrons. The Morgan fingerprint density at radius 3 is 2.58 bits per heavy atom. The lowest BCUT2D eigenvalue weighted by Gasteiger charge is -2.16. The second-order valence-corrected chi connectivity index (χ2v) is 6.79. The molecule has 24 heavy (non-hydrogen) atoms. The molecule has 1 atom stereocenters. The Labute approximate surface area is 154 Å². The van der Waals surface area contributed by atoms with Crippen molar-refractivity contribution in [2.45, 2.75) is 30.7 Å². The topological polar surface area (TPSA) is 61.4 Å². The summed E-state index contributed by atoms with van der Waals surface area (Å²) < 4.78 is 0. The van der Waals surface area contributed by atoms with Crippen LogP contribution in [0.2, 0.25) is 0 Å². The summed E-state index contributed by atoms with van der Waals surface area (Å²) >= 11 is 1.44. The maximum Gasteiger partial charge on any atom is 0.252 e. The highest BCUT2D eigenvalue weighted by Crippen LogP contribution is 2.23. The van der Waals surface area contributed by atoms with E-state index < -0.39 is 0 Å². The number of carbonyl (C=O) groups is 2. The van der Waals surface area contributed by atoms with Crippen LogP contribution in [0.1, 0.15) is 30.1 Å². The van der Waals surface area contributed by atoms with Crippen molar-refractivity contribution in [3.05, 3.63) is 29.8 Å². The van der Waals surface area contributed by atoms with E-state index in [1.807, 2.05) is 43.1 Å². The molecule has 0 aromatic heterocycles. The van der Waals surface area contributed by atoms with Crippen LogP contribution >= 0.6 is 24.2 Å². The molecule has 0 aliphatic carbocycles. The molecule has 1 aromatic carbocycles. The number of hydrogen-bond acceptors (Lipinski definition) is 4. The first kappa shape index (κ1) is 20.8. The van der Waals surface area contributed by atoms with Crippen molar-refractivity contribution >= 4 is 36.0 Å². The molecule has 0 bridgehead atoms. The Bertz CT molecular complexity index is 550. The average Bonchev–Trinajstić information content (AvgIpc) is 3.12. The zero-order chi connectivity index (χ0) is 16.7. The fraction of sp³-hybridized carbons (Fsp3) is 0.529. The third-order valence-electron chi connectivity index (χ3n) is 4.00. The van der Waals surface area contributed by atoms with Gasteiger partial charge in [-0.1, -0.05) is 12.1 Å². The Balaban J connectivity index is 0.00000288. The van der Waals surface area contributed by atoms with E-state index in [9.17, 15) is 9.59 Å². The summed E-state index contributed by atoms with van der Waals surface area (Å²) in [6, 6.07) is 7.68. The molecule has 2 rings (SSSR count). The number of benzene rings is 1. The van der Waals surface area contributed by atoms with Gasteiger partial charge in [-0.25, -0.2) is 0 Å². The average molecular weight is 372 g/mol. The summed E-state index contributed by atoms with van der Waals surface area (Å²) in [4.78, 5) is 27.3. The van der Waals surface area contributed by atoms with Crippen LogP contribution < -0.4 is 10.6 Å². The van der Waals surface area contributed by atoms with E-state index in [0.29, 0.717) is 17.9 Å². The molecule has 5 nitrogen and oxygen atoms in total. The highest BCUT2D eigenvalue weighted by Gasteiger charge is 2.19. The predicted octanol–water partition coefficient (Wildman–Crippen LogP) is 2.16. The molecule has 2 amide bonds. The van der Waals surface area contributed by atoms with Gasteiger partial charge >= 0.3 is 0 Å². The Morgan fingerprint density at radius 1 is 1.25 bits per heavy atom. The lowest BCUT2D eigenvalue weighted by atomic mass is 10.2. The summed E-state index contributed by atoms with van der Waals surface area (Å²) in [6.45, 7) is 4.31. The van der Waals surface area contributed by atoms with E-state index in [1.165, 1.54) is 11.8 Å². The van der Waals surface area contributed by atoms with Crippen molar-refractivity contribution < 1.29 is 9.59 Å². The van der Waals surface area contributed by atoms with Crippen molar-refractivity contribution in [3.8, 4) is 0 Å². The largest absolute Gasteiger partial charge is 0.350 e. The summed E-state index contributed by atoms with van der Waals surface area (Å²) in [5.74, 6) is 0.451. The second kappa shape index (κ2) is 10.6. The minimum Gasteiger partial charge on any atom is -0.350 e. The van der Waals surface area contributed by atoms with Gasteiger partial charge in [-0.2, -0.15) is 0 Å². The van der Waals surface area contributed by atoms with E-state index >= 15 is 0 Å². The number of likely N-dealkylation sites (N-methyl/N-ethyl adjacent to an activating group) is 1. The molecule has 2 N–H and O–H groups in total. The fourth-order valence-electron chi connectivity index (χ4n) is 2.42. The first-order valence-electron chi connectivity index (χ1n) is 8.07. The van der Waals surface area contributed by atoms with Gasteiger partial charge in [0.25, 0.3) is 5.91 Å². The molecular weight excluding hydrogens is 346 g/mol. The van der Waals surface area contributed by atoms with Gasteiger partial charge in [0, 0.05) is 30.6 Å². The minimum absolute atomic E-state index is 0. The van der Waals surface area contributed by atoms with Gasteiger partial charge in [0.15, 0.2) is 0 Å². The molecule has 1 aromatic rings. The van der Waals surface area contributed by atoms with Gasteiger partial charge in [0.2, 0.25) is 5.91 Å². The fourth-order valence-corrected chi connectivity index (χ4v) is 3.37. The zero-order valence-electron chi connectivity index (χ0n) is 14.2. The molecule has 1 heterocycles. The maximum absolute atomic E-state index is 12.3. The standard InChI is InChI=1S/C17H25N3O2S.ClH/c1-13(18-2)11-19-17(22)14-7-3-4-8-15(14)23-12-16(21)20-9-5-6-10-20;/h3-4,7-8,13,18H,5-6,9-12H2,1-2H3,(H,19,22);1H. The highest BCUT2D eigenvalue weighted by molar-refractivity contribution is 8.00. The SMILES string of the molecule is CNC(C)CNC(=O)c1ccccc1SCC(=O)N1CCCC1.Cl. The van der Waals surface area contributed by atoms with Crippen LogP contribution in [0.4, 0.5) is 0 Å². The summed E-state index contributed by atoms with van der Waals surface area (Å²) in [5.41, 5.74) is 0.634. The van der Waals surface area contributed by atoms with Crippen molar-refractivity contribution in [3.63, 3.8) is 0 Å². The van der Waals surface area contributed by atoms with Gasteiger partial charge in [-0.15, -0.1) is 24.2 Å². The third kappa shape index (κ3) is 6.00. The van der Waals surface area contributed by atoms with E-state index in [-0.39, 0.29) is 30.3 Å². The molecule has 0 radical (unpaired) electrons. The Hall–Kier alpha value is -1.24. The molecular formula is C17H26ClN3O2S. The van der Waals surface area contributed by atoms with Crippen molar-refractivity contribution in [2.75, 3.05) is 32.4 Å². The molecule has 1 aliphatic rings. The minimum atomic E-state index is -0.0937. The van der Waals surface area contributed by atoms with Crippen LogP contribution in [0.5, 0.6) is 0 Å². The summed E-state index contributed by atoms with van der Waals surface area (Å²) in [5, 5.41) is 6.01. The van der Waals surface area contributed by atoms with Crippen LogP contribution in [0.15, 0.2) is 29.2 Å². The van der Waals surface area contributed by atoms with E-state index in [4.69, 9.17) is 0 Å². The molecule has 0 spiro atoms. The Kier molecular flexibility index (Phi) is 9.18. The number of nitrogens with one attached hydrogen (secondary N) is 2. The number of carbonyl (C=O) groups excluding carboxylic acids is 2. The lowest BCUT2D eigenvalue weighted by Crippen LogP contribution is -2.37. The normalized spacial score (nSPS) is 14.8. The molecule has 1 unspecified atom stereocenters. The first-order valence-corrected chi connectivity index (χ1v) is 9.05. The smallest absolute Gasteiger partial charge is 0.252 e. The molecule has 1 aliphatic heterocycles. The second-order valence-electron chi connectivity index (χ2n) is 5.77. The zero-order valence-corrected chi connectivity index (χ0v) is 15.8. The van der Waals surface area contributed by atoms with Gasteiger partial charge in [-0.05, 0) is 38.9 Å². The predicted molar refractivity (Wildman–Crippen MR) is 101 cm³/mol. The van der Waals surface area contributed by atoms with Gasteiger partial charge < -0.3 is 15.5 Å². The quantitative estimate of drug-likeness (QED) is 0.721. The Morgan fingerprint density at radius 2 is 1.92 bits per heavy atom. The van der Waals surface area contributed by atoms with Crippen LogP contribution in [0.25, 0.3) is 0 Å². The number of hydrogen-bond donors (Lipinski definition) is 2. The lowest BCUT2D eigenvalue weighted by molar-refractivity contribution is -0.127. The van der Waals surface area contributed by atoms with Gasteiger partial charge in [-0.3, -0.25) is 9.59 Å². The van der Waals surface area contributed by atoms with Crippen LogP contribution in [0, 0.1) is 0 Å². The number of likely N-dealkylation sites (tertiary alicyclic amines) is 1. The number of nitrogens with zero attached hydrogens (tertiary/aromatic N) is 1. The van der Waals surface area contributed by atoms with Crippen LogP contribution in [-0.2, 0) is 4.79 Å². The highest BCUT2D eigenvalue weighted by atomic mass is 35.5. The third-order valence-corrected chi connectivity index (χ3v) is 5.06. The first-order chi connectivity index (χ1) is 11.1. The molecule has 0 saturated carbocycles. The number of rotatable bonds is 7. The van der Waals surface area contributed by atoms with Crippen LogP contribution in [-0.4, -0.2) is 55.2 Å². The monoisotopic (exact) mass is 371 g/mol. The van der Waals surface area contributed by atoms with E-state index in [0.717, 1.165) is 30.8 Å². The van der Waals surface area contributed by atoms with E-state index in [2.05, 4.69) is 10.6 Å². The van der Waals surface area contributed by atoms with Gasteiger partial charge in [0.05, 0.1) is 11.3 Å². The molecule has 1 saturated heterocycles. The van der Waals surface area contributed by atoms with Crippen molar-refractivity contribution in [1.82, 2.24) is 15.5 Å². The van der Waals surface area contributed by atoms with Crippen LogP contribution in [0.3, 0.4) is 0 Å². The summed E-state index contributed by atoms with van der Waals surface area (Å²) in [6.07, 6.45) is 2.19. The maximum atomic E-state index is 12.3. The number of amides is 2. The summed E-state index contributed by atoms with van der Waals surface area (Å²) in [7, 11) is 1.87. The molecule has 7 heteroatoms. The number of thioether (sulfide) groups is 1. The van der Waals surface area contributed by atoms with Gasteiger partial charge in [0.1, 0.15) is 0 Å². The van der Waals surface area contributed by atoms with Crippen molar-refractivity contribution in [1.29, 1.82) is 0 Å². The molecule has 1 fully saturated rings. The van der Waals surface area contributed by atoms with E-state index in [1.54, 1.807) is 0 Å².